The molecular weight excluding hydrogens is 417 g/mol. The molecule has 3 aromatic rings. The molecule has 0 bridgehead atoms. The average Bonchev–Trinajstić information content (AvgIpc) is 3.10. The molecule has 0 unspecified atom stereocenters. The summed E-state index contributed by atoms with van der Waals surface area (Å²) in [5, 5.41) is 16.8. The lowest BCUT2D eigenvalue weighted by molar-refractivity contribution is 0.306. The maximum absolute atomic E-state index is 6.04. The van der Waals surface area contributed by atoms with Gasteiger partial charge < -0.3 is 10.1 Å². The van der Waals surface area contributed by atoms with E-state index in [4.69, 9.17) is 27.9 Å². The molecule has 1 aromatic heterocycles. The summed E-state index contributed by atoms with van der Waals surface area (Å²) in [5.41, 5.74) is 2.16. The van der Waals surface area contributed by atoms with Crippen molar-refractivity contribution in [2.45, 2.75) is 24.7 Å². The lowest BCUT2D eigenvalue weighted by Gasteiger charge is -2.10. The van der Waals surface area contributed by atoms with E-state index in [0.29, 0.717) is 16.7 Å². The Bertz CT molecular complexity index is 906. The van der Waals surface area contributed by atoms with Crippen molar-refractivity contribution in [3.63, 3.8) is 0 Å². The van der Waals surface area contributed by atoms with Gasteiger partial charge in [0.1, 0.15) is 12.4 Å². The quantitative estimate of drug-likeness (QED) is 0.375. The first-order valence-corrected chi connectivity index (χ1v) is 10.6. The molecule has 0 amide bonds. The van der Waals surface area contributed by atoms with Crippen LogP contribution in [-0.4, -0.2) is 32.5 Å². The lowest BCUT2D eigenvalue weighted by atomic mass is 10.2. The third kappa shape index (κ3) is 6.38. The summed E-state index contributed by atoms with van der Waals surface area (Å²) in [4.78, 5) is 0. The third-order valence-electron chi connectivity index (χ3n) is 3.93. The molecule has 0 aliphatic carbocycles. The van der Waals surface area contributed by atoms with Crippen molar-refractivity contribution in [2.75, 3.05) is 12.3 Å². The van der Waals surface area contributed by atoms with Crippen molar-refractivity contribution in [3.05, 3.63) is 63.6 Å². The first-order valence-electron chi connectivity index (χ1n) is 8.83. The average molecular weight is 438 g/mol. The molecule has 0 saturated heterocycles. The zero-order valence-electron chi connectivity index (χ0n) is 15.4. The number of benzene rings is 2. The van der Waals surface area contributed by atoms with Gasteiger partial charge in [-0.05, 0) is 58.8 Å². The Morgan fingerprint density at radius 1 is 1.11 bits per heavy atom. The van der Waals surface area contributed by atoms with E-state index in [1.165, 1.54) is 5.56 Å². The van der Waals surface area contributed by atoms with Gasteiger partial charge in [0.05, 0.1) is 10.0 Å². The van der Waals surface area contributed by atoms with Gasteiger partial charge in [-0.2, -0.15) is 0 Å². The minimum atomic E-state index is 0.446. The number of aryl methyl sites for hydroxylation is 1. The fourth-order valence-corrected chi connectivity index (χ4v) is 3.59. The highest BCUT2D eigenvalue weighted by molar-refractivity contribution is 7.99. The van der Waals surface area contributed by atoms with E-state index in [2.05, 4.69) is 26.9 Å². The van der Waals surface area contributed by atoms with E-state index in [1.807, 2.05) is 37.4 Å². The van der Waals surface area contributed by atoms with E-state index >= 15 is 0 Å². The number of tetrazole rings is 1. The van der Waals surface area contributed by atoms with Crippen LogP contribution in [0, 0.1) is 0 Å². The van der Waals surface area contributed by atoms with Crippen LogP contribution in [0.1, 0.15) is 17.5 Å². The second-order valence-electron chi connectivity index (χ2n) is 6.15. The molecule has 0 saturated carbocycles. The van der Waals surface area contributed by atoms with Crippen molar-refractivity contribution in [3.8, 4) is 5.75 Å². The molecule has 0 aliphatic rings. The SMILES string of the molecule is Cn1nnnc1SCCCNCc1cccc(OCc2ccc(Cl)c(Cl)c2)c1. The summed E-state index contributed by atoms with van der Waals surface area (Å²) in [6, 6.07) is 13.6. The number of ether oxygens (including phenoxy) is 1. The van der Waals surface area contributed by atoms with Crippen molar-refractivity contribution in [2.24, 2.45) is 7.05 Å². The first-order chi connectivity index (χ1) is 13.6. The Balaban J connectivity index is 1.38. The van der Waals surface area contributed by atoms with Crippen molar-refractivity contribution >= 4 is 35.0 Å². The van der Waals surface area contributed by atoms with Gasteiger partial charge >= 0.3 is 0 Å². The molecule has 0 spiro atoms. The summed E-state index contributed by atoms with van der Waals surface area (Å²) in [6.07, 6.45) is 1.03. The number of hydrogen-bond donors (Lipinski definition) is 1. The van der Waals surface area contributed by atoms with Crippen LogP contribution in [0.15, 0.2) is 47.6 Å². The summed E-state index contributed by atoms with van der Waals surface area (Å²) in [5.74, 6) is 1.80. The van der Waals surface area contributed by atoms with Crippen molar-refractivity contribution in [1.29, 1.82) is 0 Å². The molecule has 0 atom stereocenters. The number of halogens is 2. The lowest BCUT2D eigenvalue weighted by Crippen LogP contribution is -2.15. The van der Waals surface area contributed by atoms with Gasteiger partial charge in [-0.1, -0.05) is 53.2 Å². The molecule has 1 heterocycles. The van der Waals surface area contributed by atoms with Crippen LogP contribution >= 0.6 is 35.0 Å². The Hall–Kier alpha value is -1.80. The first kappa shape index (κ1) is 20.9. The molecule has 1 N–H and O–H groups in total. The summed E-state index contributed by atoms with van der Waals surface area (Å²) < 4.78 is 7.55. The molecule has 0 radical (unpaired) electrons. The van der Waals surface area contributed by atoms with Crippen molar-refractivity contribution in [1.82, 2.24) is 25.5 Å². The molecule has 28 heavy (non-hydrogen) atoms. The largest absolute Gasteiger partial charge is 0.489 e. The van der Waals surface area contributed by atoms with Gasteiger partial charge in [0.25, 0.3) is 0 Å². The molecule has 0 aliphatic heterocycles. The number of aromatic nitrogens is 4. The van der Waals surface area contributed by atoms with Gasteiger partial charge in [0, 0.05) is 19.3 Å². The molecule has 0 fully saturated rings. The fourth-order valence-electron chi connectivity index (χ4n) is 2.48. The molecule has 6 nitrogen and oxygen atoms in total. The molecule has 148 valence electrons. The Morgan fingerprint density at radius 3 is 2.79 bits per heavy atom. The standard InChI is InChI=1S/C19H21Cl2N5OS/c1-26-19(23-24-25-26)28-9-3-8-22-12-14-4-2-5-16(10-14)27-13-15-6-7-17(20)18(21)11-15/h2,4-7,10-11,22H,3,8-9,12-13H2,1H3. The van der Waals surface area contributed by atoms with Gasteiger partial charge in [-0.25, -0.2) is 4.68 Å². The van der Waals surface area contributed by atoms with Crippen LogP contribution in [0.5, 0.6) is 5.75 Å². The van der Waals surface area contributed by atoms with Gasteiger partial charge in [0.2, 0.25) is 5.16 Å². The van der Waals surface area contributed by atoms with E-state index in [0.717, 1.165) is 41.7 Å². The fraction of sp³-hybridized carbons (Fsp3) is 0.316. The third-order valence-corrected chi connectivity index (χ3v) is 5.76. The smallest absolute Gasteiger partial charge is 0.209 e. The van der Waals surface area contributed by atoms with Crippen LogP contribution in [-0.2, 0) is 20.2 Å². The van der Waals surface area contributed by atoms with Crippen LogP contribution in [0.3, 0.4) is 0 Å². The Labute approximate surface area is 178 Å². The number of thioether (sulfide) groups is 1. The van der Waals surface area contributed by atoms with E-state index in [9.17, 15) is 0 Å². The van der Waals surface area contributed by atoms with Gasteiger partial charge in [0.15, 0.2) is 0 Å². The van der Waals surface area contributed by atoms with Crippen LogP contribution in [0.2, 0.25) is 10.0 Å². The normalized spacial score (nSPS) is 11.0. The van der Waals surface area contributed by atoms with E-state index < -0.39 is 0 Å². The summed E-state index contributed by atoms with van der Waals surface area (Å²) >= 11 is 13.6. The zero-order chi connectivity index (χ0) is 19.8. The Morgan fingerprint density at radius 2 is 2.00 bits per heavy atom. The number of hydrogen-bond acceptors (Lipinski definition) is 6. The highest BCUT2D eigenvalue weighted by atomic mass is 35.5. The minimum absolute atomic E-state index is 0.446. The topological polar surface area (TPSA) is 64.9 Å². The van der Waals surface area contributed by atoms with Gasteiger partial charge in [-0.15, -0.1) is 5.10 Å². The summed E-state index contributed by atoms with van der Waals surface area (Å²) in [7, 11) is 1.84. The number of rotatable bonds is 10. The highest BCUT2D eigenvalue weighted by Gasteiger charge is 2.03. The predicted octanol–water partition coefficient (Wildman–Crippen LogP) is 4.37. The van der Waals surface area contributed by atoms with Crippen molar-refractivity contribution < 1.29 is 4.74 Å². The summed E-state index contributed by atoms with van der Waals surface area (Å²) in [6.45, 7) is 2.16. The van der Waals surface area contributed by atoms with E-state index in [-0.39, 0.29) is 0 Å². The monoisotopic (exact) mass is 437 g/mol. The molecular formula is C19H21Cl2N5OS. The van der Waals surface area contributed by atoms with Crippen LogP contribution < -0.4 is 10.1 Å². The molecule has 9 heteroatoms. The predicted molar refractivity (Wildman–Crippen MR) is 113 cm³/mol. The second-order valence-corrected chi connectivity index (χ2v) is 8.02. The maximum Gasteiger partial charge on any atom is 0.209 e. The zero-order valence-corrected chi connectivity index (χ0v) is 17.8. The minimum Gasteiger partial charge on any atom is -0.489 e. The number of nitrogens with zero attached hydrogens (tertiary/aromatic N) is 4. The second kappa shape index (κ2) is 10.7. The van der Waals surface area contributed by atoms with Crippen LogP contribution in [0.4, 0.5) is 0 Å². The van der Waals surface area contributed by atoms with Crippen LogP contribution in [0.25, 0.3) is 0 Å². The molecule has 3 rings (SSSR count). The molecule has 2 aromatic carbocycles. The highest BCUT2D eigenvalue weighted by Crippen LogP contribution is 2.23. The van der Waals surface area contributed by atoms with Gasteiger partial charge in [-0.3, -0.25) is 0 Å². The maximum atomic E-state index is 6.04. The van der Waals surface area contributed by atoms with E-state index in [1.54, 1.807) is 22.5 Å². The Kier molecular flexibility index (Phi) is 7.97. The number of nitrogens with one attached hydrogen (secondary N) is 1.